The van der Waals surface area contributed by atoms with Crippen molar-refractivity contribution in [3.8, 4) is 5.75 Å². The Hall–Kier alpha value is -3.02. The fourth-order valence-corrected chi connectivity index (χ4v) is 4.89. The predicted octanol–water partition coefficient (Wildman–Crippen LogP) is 4.06. The molecule has 3 N–H and O–H groups in total. The number of fused-ring (bicyclic) bond motifs is 1. The number of carbonyl (C=O) groups is 2. The lowest BCUT2D eigenvalue weighted by Gasteiger charge is -2.39. The third-order valence-electron chi connectivity index (χ3n) is 5.42. The average molecular weight is 544 g/mol. The second kappa shape index (κ2) is 11.4. The average Bonchev–Trinajstić information content (AvgIpc) is 2.81. The van der Waals surface area contributed by atoms with Gasteiger partial charge in [-0.3, -0.25) is 9.59 Å². The highest BCUT2D eigenvalue weighted by atomic mass is 35.5. The molecule has 0 saturated carbocycles. The van der Waals surface area contributed by atoms with Gasteiger partial charge >= 0.3 is 6.36 Å². The van der Waals surface area contributed by atoms with Crippen molar-refractivity contribution in [1.29, 1.82) is 0 Å². The van der Waals surface area contributed by atoms with Crippen LogP contribution in [0.4, 0.5) is 17.6 Å². The van der Waals surface area contributed by atoms with Crippen LogP contribution in [0, 0.1) is 5.82 Å². The number of nitrogens with one attached hydrogen (secondary N) is 1. The summed E-state index contributed by atoms with van der Waals surface area (Å²) in [4.78, 5) is 28.1. The van der Waals surface area contributed by atoms with E-state index < -0.39 is 18.4 Å². The minimum atomic E-state index is -4.80. The zero-order valence-electron chi connectivity index (χ0n) is 18.6. The number of carbonyl (C=O) groups excluding carboxylic acids is 2. The summed E-state index contributed by atoms with van der Waals surface area (Å²) in [6, 6.07) is 9.66. The van der Waals surface area contributed by atoms with E-state index in [9.17, 15) is 27.2 Å². The minimum Gasteiger partial charge on any atom is -0.406 e. The summed E-state index contributed by atoms with van der Waals surface area (Å²) in [6.07, 6.45) is -1.60. The van der Waals surface area contributed by atoms with Crippen LogP contribution in [0.15, 0.2) is 71.3 Å². The van der Waals surface area contributed by atoms with Gasteiger partial charge in [-0.25, -0.2) is 4.39 Å². The van der Waals surface area contributed by atoms with Gasteiger partial charge in [0.2, 0.25) is 0 Å². The summed E-state index contributed by atoms with van der Waals surface area (Å²) in [5.41, 5.74) is 7.60. The largest absolute Gasteiger partial charge is 0.573 e. The third-order valence-corrected chi connectivity index (χ3v) is 6.62. The summed E-state index contributed by atoms with van der Waals surface area (Å²) in [7, 11) is 0. The smallest absolute Gasteiger partial charge is 0.406 e. The number of thioether (sulfide) groups is 1. The second-order valence-corrected chi connectivity index (χ2v) is 9.12. The van der Waals surface area contributed by atoms with E-state index in [-0.39, 0.29) is 48.8 Å². The van der Waals surface area contributed by atoms with Crippen molar-refractivity contribution in [1.82, 2.24) is 10.2 Å². The van der Waals surface area contributed by atoms with E-state index in [2.05, 4.69) is 10.1 Å². The normalized spacial score (nSPS) is 19.5. The molecule has 2 aromatic carbocycles. The highest BCUT2D eigenvalue weighted by molar-refractivity contribution is 8.03. The molecule has 2 heterocycles. The molecule has 12 heteroatoms. The first-order valence-electron chi connectivity index (χ1n) is 10.6. The van der Waals surface area contributed by atoms with Gasteiger partial charge in [0.1, 0.15) is 17.6 Å². The van der Waals surface area contributed by atoms with Crippen molar-refractivity contribution in [2.75, 3.05) is 5.75 Å². The second-order valence-electron chi connectivity index (χ2n) is 8.03. The fraction of sp³-hybridized carbons (Fsp3) is 0.250. The van der Waals surface area contributed by atoms with E-state index in [1.807, 2.05) is 0 Å². The van der Waals surface area contributed by atoms with Gasteiger partial charge in [0.25, 0.3) is 5.91 Å². The molecule has 0 aromatic heterocycles. The van der Waals surface area contributed by atoms with Crippen LogP contribution in [-0.2, 0) is 22.7 Å². The highest BCUT2D eigenvalue weighted by Gasteiger charge is 2.39. The minimum absolute atomic E-state index is 0. The van der Waals surface area contributed by atoms with Crippen LogP contribution in [0.5, 0.6) is 5.75 Å². The van der Waals surface area contributed by atoms with E-state index in [1.165, 1.54) is 48.2 Å². The molecule has 0 radical (unpaired) electrons. The molecule has 0 spiro atoms. The van der Waals surface area contributed by atoms with Crippen molar-refractivity contribution < 1.29 is 31.9 Å². The Kier molecular flexibility index (Phi) is 8.70. The summed E-state index contributed by atoms with van der Waals surface area (Å²) in [5, 5.41) is 2.77. The number of halogens is 5. The van der Waals surface area contributed by atoms with Crippen LogP contribution in [0.1, 0.15) is 11.1 Å². The standard InChI is InChI=1S/C24H21F4N3O3S.ClH/c25-17-5-1-14(2-6-17)10-30-23(33)16-9-20-21(22(32)19(29)13-35-20)31(12-16)11-15-3-7-18(8-4-15)34-24(26,27)28;/h1-9,12,19,21H,10-11,13,29H2,(H,30,33);1H/t19-,21?;/m0./s1. The van der Waals surface area contributed by atoms with Crippen molar-refractivity contribution in [2.45, 2.75) is 31.5 Å². The van der Waals surface area contributed by atoms with Crippen LogP contribution < -0.4 is 15.8 Å². The van der Waals surface area contributed by atoms with Crippen LogP contribution in [0.25, 0.3) is 0 Å². The molecule has 36 heavy (non-hydrogen) atoms. The van der Waals surface area contributed by atoms with Crippen molar-refractivity contribution in [3.05, 3.63) is 88.2 Å². The maximum Gasteiger partial charge on any atom is 0.573 e. The number of nitrogens with zero attached hydrogens (tertiary/aromatic N) is 1. The summed E-state index contributed by atoms with van der Waals surface area (Å²) in [6.45, 7) is 0.336. The van der Waals surface area contributed by atoms with E-state index in [0.717, 1.165) is 0 Å². The van der Waals surface area contributed by atoms with Gasteiger partial charge in [-0.2, -0.15) is 0 Å². The fourth-order valence-electron chi connectivity index (χ4n) is 3.74. The Labute approximate surface area is 215 Å². The molecule has 0 bridgehead atoms. The number of amides is 1. The zero-order chi connectivity index (χ0) is 25.2. The summed E-state index contributed by atoms with van der Waals surface area (Å²) in [5.74, 6) is -0.945. The number of hydrogen-bond acceptors (Lipinski definition) is 6. The number of nitrogens with two attached hydrogens (primary N) is 1. The maximum atomic E-state index is 13.1. The van der Waals surface area contributed by atoms with Crippen molar-refractivity contribution >= 4 is 35.9 Å². The molecule has 4 rings (SSSR count). The van der Waals surface area contributed by atoms with Crippen LogP contribution in [0.2, 0.25) is 0 Å². The van der Waals surface area contributed by atoms with Crippen LogP contribution in [-0.4, -0.2) is 40.8 Å². The molecule has 2 aliphatic rings. The molecular weight excluding hydrogens is 522 g/mol. The molecule has 2 aliphatic heterocycles. The Bertz CT molecular complexity index is 1170. The monoisotopic (exact) mass is 543 g/mol. The van der Waals surface area contributed by atoms with Gasteiger partial charge in [0.05, 0.1) is 11.6 Å². The van der Waals surface area contributed by atoms with Crippen LogP contribution in [0.3, 0.4) is 0 Å². The molecule has 1 amide bonds. The predicted molar refractivity (Wildman–Crippen MR) is 130 cm³/mol. The first kappa shape index (κ1) is 27.6. The van der Waals surface area contributed by atoms with Gasteiger partial charge in [-0.15, -0.1) is 37.3 Å². The topological polar surface area (TPSA) is 84.7 Å². The zero-order valence-corrected chi connectivity index (χ0v) is 20.3. The van der Waals surface area contributed by atoms with E-state index in [1.54, 1.807) is 29.3 Å². The number of hydrogen-bond donors (Lipinski definition) is 2. The van der Waals surface area contributed by atoms with Crippen LogP contribution >= 0.6 is 24.2 Å². The number of rotatable bonds is 6. The van der Waals surface area contributed by atoms with Gasteiger partial charge in [0.15, 0.2) is 5.78 Å². The Balaban J connectivity index is 0.00000361. The quantitative estimate of drug-likeness (QED) is 0.535. The van der Waals surface area contributed by atoms with Crippen molar-refractivity contribution in [3.63, 3.8) is 0 Å². The molecule has 1 unspecified atom stereocenters. The Morgan fingerprint density at radius 2 is 1.75 bits per heavy atom. The number of alkyl halides is 3. The van der Waals surface area contributed by atoms with Gasteiger partial charge in [-0.1, -0.05) is 24.3 Å². The molecular formula is C24H22ClF4N3O3S. The van der Waals surface area contributed by atoms with E-state index in [4.69, 9.17) is 5.73 Å². The molecule has 2 atom stereocenters. The lowest BCUT2D eigenvalue weighted by molar-refractivity contribution is -0.274. The summed E-state index contributed by atoms with van der Waals surface area (Å²) < 4.78 is 54.3. The first-order chi connectivity index (χ1) is 16.6. The molecule has 192 valence electrons. The van der Waals surface area contributed by atoms with Gasteiger partial charge in [0, 0.05) is 29.9 Å². The lowest BCUT2D eigenvalue weighted by Crippen LogP contribution is -2.52. The van der Waals surface area contributed by atoms with E-state index in [0.29, 0.717) is 27.4 Å². The number of ketones is 1. The number of ether oxygens (including phenoxy) is 1. The SMILES string of the molecule is Cl.N[C@H]1CSC2=CC(C(=O)NCc3ccc(F)cc3)=CN(Cc3ccc(OC(F)(F)F)cc3)C2C1=O. The summed E-state index contributed by atoms with van der Waals surface area (Å²) >= 11 is 1.39. The molecule has 6 nitrogen and oxygen atoms in total. The Morgan fingerprint density at radius 1 is 1.11 bits per heavy atom. The highest BCUT2D eigenvalue weighted by Crippen LogP contribution is 2.36. The molecule has 1 saturated heterocycles. The number of benzene rings is 2. The molecule has 0 aliphatic carbocycles. The first-order valence-corrected chi connectivity index (χ1v) is 11.6. The van der Waals surface area contributed by atoms with Gasteiger partial charge < -0.3 is 20.7 Å². The molecule has 1 fully saturated rings. The Morgan fingerprint density at radius 3 is 2.39 bits per heavy atom. The van der Waals surface area contributed by atoms with Crippen molar-refractivity contribution in [2.24, 2.45) is 5.73 Å². The lowest BCUT2D eigenvalue weighted by atomic mass is 9.98. The van der Waals surface area contributed by atoms with Gasteiger partial charge in [-0.05, 0) is 41.5 Å². The maximum absolute atomic E-state index is 13.1. The molecule has 2 aromatic rings. The third kappa shape index (κ3) is 6.80. The van der Waals surface area contributed by atoms with E-state index >= 15 is 0 Å². The number of Topliss-reactive ketones (excluding diaryl/α,β-unsaturated/α-hetero) is 1.